The first kappa shape index (κ1) is 10.6. The van der Waals surface area contributed by atoms with Crippen LogP contribution in [0.2, 0.25) is 5.02 Å². The summed E-state index contributed by atoms with van der Waals surface area (Å²) < 4.78 is 0. The SMILES string of the molecule is CNC(c1cccc(Cl)c1)c1cncs1. The van der Waals surface area contributed by atoms with E-state index in [9.17, 15) is 0 Å². The number of halogens is 1. The Morgan fingerprint density at radius 3 is 2.93 bits per heavy atom. The van der Waals surface area contributed by atoms with Gasteiger partial charge in [0, 0.05) is 16.1 Å². The van der Waals surface area contributed by atoms with Crippen molar-refractivity contribution < 1.29 is 0 Å². The summed E-state index contributed by atoms with van der Waals surface area (Å²) in [5.41, 5.74) is 3.00. The maximum atomic E-state index is 5.97. The van der Waals surface area contributed by atoms with Crippen LogP contribution in [0.1, 0.15) is 16.5 Å². The van der Waals surface area contributed by atoms with Crippen LogP contribution in [0, 0.1) is 0 Å². The van der Waals surface area contributed by atoms with Gasteiger partial charge >= 0.3 is 0 Å². The third kappa shape index (κ3) is 2.37. The molecular formula is C11H11ClN2S. The maximum Gasteiger partial charge on any atom is 0.0794 e. The van der Waals surface area contributed by atoms with Gasteiger partial charge in [-0.05, 0) is 24.7 Å². The van der Waals surface area contributed by atoms with Crippen LogP contribution in [0.25, 0.3) is 0 Å². The van der Waals surface area contributed by atoms with E-state index >= 15 is 0 Å². The molecule has 1 aromatic carbocycles. The van der Waals surface area contributed by atoms with Crippen molar-refractivity contribution >= 4 is 22.9 Å². The molecule has 0 saturated carbocycles. The molecule has 0 fully saturated rings. The third-order valence-corrected chi connectivity index (χ3v) is 3.28. The zero-order valence-corrected chi connectivity index (χ0v) is 9.85. The lowest BCUT2D eigenvalue weighted by Gasteiger charge is -2.14. The molecule has 2 rings (SSSR count). The van der Waals surface area contributed by atoms with Crippen LogP contribution < -0.4 is 5.32 Å². The van der Waals surface area contributed by atoms with Crippen molar-refractivity contribution in [1.29, 1.82) is 0 Å². The molecule has 2 aromatic rings. The van der Waals surface area contributed by atoms with Crippen LogP contribution in [-0.4, -0.2) is 12.0 Å². The highest BCUT2D eigenvalue weighted by Crippen LogP contribution is 2.26. The molecule has 0 bridgehead atoms. The molecule has 2 nitrogen and oxygen atoms in total. The lowest BCUT2D eigenvalue weighted by atomic mass is 10.1. The quantitative estimate of drug-likeness (QED) is 0.889. The smallest absolute Gasteiger partial charge is 0.0794 e. The van der Waals surface area contributed by atoms with Crippen molar-refractivity contribution in [3.63, 3.8) is 0 Å². The predicted molar refractivity (Wildman–Crippen MR) is 64.5 cm³/mol. The molecule has 0 aliphatic carbocycles. The first-order valence-corrected chi connectivity index (χ1v) is 5.88. The van der Waals surface area contributed by atoms with E-state index in [1.807, 2.05) is 37.0 Å². The Morgan fingerprint density at radius 1 is 1.47 bits per heavy atom. The highest BCUT2D eigenvalue weighted by molar-refractivity contribution is 7.09. The Morgan fingerprint density at radius 2 is 2.33 bits per heavy atom. The predicted octanol–water partition coefficient (Wildman–Crippen LogP) is 3.11. The van der Waals surface area contributed by atoms with E-state index in [2.05, 4.69) is 16.4 Å². The van der Waals surface area contributed by atoms with E-state index in [-0.39, 0.29) is 6.04 Å². The van der Waals surface area contributed by atoms with Crippen LogP contribution >= 0.6 is 22.9 Å². The van der Waals surface area contributed by atoms with Gasteiger partial charge in [-0.15, -0.1) is 11.3 Å². The molecule has 0 saturated heterocycles. The molecule has 0 radical (unpaired) electrons. The average molecular weight is 239 g/mol. The van der Waals surface area contributed by atoms with Gasteiger partial charge in [-0.25, -0.2) is 0 Å². The number of benzene rings is 1. The Labute approximate surface area is 97.9 Å². The number of hydrogen-bond donors (Lipinski definition) is 1. The first-order chi connectivity index (χ1) is 7.31. The number of hydrogen-bond acceptors (Lipinski definition) is 3. The van der Waals surface area contributed by atoms with Gasteiger partial charge in [0.1, 0.15) is 0 Å². The second-order valence-corrected chi connectivity index (χ2v) is 4.53. The molecule has 0 spiro atoms. The minimum absolute atomic E-state index is 0.177. The Hall–Kier alpha value is -0.900. The van der Waals surface area contributed by atoms with Crippen molar-refractivity contribution in [1.82, 2.24) is 10.3 Å². The fourth-order valence-electron chi connectivity index (χ4n) is 1.53. The van der Waals surface area contributed by atoms with E-state index in [1.165, 1.54) is 4.88 Å². The largest absolute Gasteiger partial charge is 0.309 e. The van der Waals surface area contributed by atoms with Gasteiger partial charge < -0.3 is 5.32 Å². The summed E-state index contributed by atoms with van der Waals surface area (Å²) in [5, 5.41) is 4.02. The van der Waals surface area contributed by atoms with Crippen molar-refractivity contribution in [3.8, 4) is 0 Å². The standard InChI is InChI=1S/C11H11ClN2S/c1-13-11(10-6-14-7-15-10)8-3-2-4-9(12)5-8/h2-7,11,13H,1H3. The molecule has 15 heavy (non-hydrogen) atoms. The summed E-state index contributed by atoms with van der Waals surface area (Å²) >= 11 is 7.61. The van der Waals surface area contributed by atoms with Crippen molar-refractivity contribution in [2.75, 3.05) is 7.05 Å². The van der Waals surface area contributed by atoms with Gasteiger partial charge in [-0.3, -0.25) is 4.98 Å². The summed E-state index contributed by atoms with van der Waals surface area (Å²) in [7, 11) is 1.94. The van der Waals surface area contributed by atoms with Gasteiger partial charge in [-0.2, -0.15) is 0 Å². The van der Waals surface area contributed by atoms with Gasteiger partial charge in [0.2, 0.25) is 0 Å². The van der Waals surface area contributed by atoms with Gasteiger partial charge in [0.25, 0.3) is 0 Å². The summed E-state index contributed by atoms with van der Waals surface area (Å²) in [6.07, 6.45) is 1.88. The van der Waals surface area contributed by atoms with Gasteiger partial charge in [0.15, 0.2) is 0 Å². The lowest BCUT2D eigenvalue weighted by Crippen LogP contribution is -2.16. The Balaban J connectivity index is 2.35. The third-order valence-electron chi connectivity index (χ3n) is 2.21. The highest BCUT2D eigenvalue weighted by Gasteiger charge is 2.13. The zero-order valence-electron chi connectivity index (χ0n) is 8.27. The van der Waals surface area contributed by atoms with E-state index in [4.69, 9.17) is 11.6 Å². The number of thiazole rings is 1. The molecule has 1 N–H and O–H groups in total. The molecule has 1 atom stereocenters. The van der Waals surface area contributed by atoms with Crippen LogP contribution in [-0.2, 0) is 0 Å². The summed E-state index contributed by atoms with van der Waals surface area (Å²) in [6, 6.07) is 8.05. The van der Waals surface area contributed by atoms with Crippen LogP contribution in [0.3, 0.4) is 0 Å². The minimum Gasteiger partial charge on any atom is -0.309 e. The molecule has 78 valence electrons. The monoisotopic (exact) mass is 238 g/mol. The average Bonchev–Trinajstić information content (AvgIpc) is 2.72. The van der Waals surface area contributed by atoms with Crippen LogP contribution in [0.15, 0.2) is 36.0 Å². The first-order valence-electron chi connectivity index (χ1n) is 4.62. The summed E-state index contributed by atoms with van der Waals surface area (Å²) in [5.74, 6) is 0. The van der Waals surface area contributed by atoms with E-state index in [0.717, 1.165) is 10.6 Å². The van der Waals surface area contributed by atoms with Gasteiger partial charge in [0.05, 0.1) is 11.6 Å². The Kier molecular flexibility index (Phi) is 3.36. The molecular weight excluding hydrogens is 228 g/mol. The summed E-state index contributed by atoms with van der Waals surface area (Å²) in [6.45, 7) is 0. The van der Waals surface area contributed by atoms with E-state index in [0.29, 0.717) is 0 Å². The molecule has 4 heteroatoms. The zero-order chi connectivity index (χ0) is 10.7. The number of rotatable bonds is 3. The fraction of sp³-hybridized carbons (Fsp3) is 0.182. The van der Waals surface area contributed by atoms with Crippen LogP contribution in [0.4, 0.5) is 0 Å². The second-order valence-electron chi connectivity index (χ2n) is 3.18. The molecule has 0 aliphatic rings. The van der Waals surface area contributed by atoms with Crippen molar-refractivity contribution in [2.24, 2.45) is 0 Å². The highest BCUT2D eigenvalue weighted by atomic mass is 35.5. The minimum atomic E-state index is 0.177. The number of aromatic nitrogens is 1. The normalized spacial score (nSPS) is 12.7. The molecule has 0 amide bonds. The van der Waals surface area contributed by atoms with Crippen LogP contribution in [0.5, 0.6) is 0 Å². The lowest BCUT2D eigenvalue weighted by molar-refractivity contribution is 0.702. The fourth-order valence-corrected chi connectivity index (χ4v) is 2.48. The topological polar surface area (TPSA) is 24.9 Å². The number of nitrogens with one attached hydrogen (secondary N) is 1. The summed E-state index contributed by atoms with van der Waals surface area (Å²) in [4.78, 5) is 5.28. The maximum absolute atomic E-state index is 5.97. The van der Waals surface area contributed by atoms with Gasteiger partial charge in [-0.1, -0.05) is 23.7 Å². The number of nitrogens with zero attached hydrogens (tertiary/aromatic N) is 1. The van der Waals surface area contributed by atoms with Crippen molar-refractivity contribution in [3.05, 3.63) is 51.4 Å². The molecule has 1 aromatic heterocycles. The van der Waals surface area contributed by atoms with E-state index in [1.54, 1.807) is 11.3 Å². The van der Waals surface area contributed by atoms with E-state index < -0.39 is 0 Å². The second kappa shape index (κ2) is 4.75. The van der Waals surface area contributed by atoms with Crippen molar-refractivity contribution in [2.45, 2.75) is 6.04 Å². The Bertz CT molecular complexity index is 428. The molecule has 1 unspecified atom stereocenters. The molecule has 1 heterocycles. The molecule has 0 aliphatic heterocycles.